The Morgan fingerprint density at radius 2 is 2.05 bits per heavy atom. The number of hydrogen-bond donors (Lipinski definition) is 1. The molecule has 1 N–H and O–H groups in total. The molecule has 5 nitrogen and oxygen atoms in total. The average molecular weight is 318 g/mol. The van der Waals surface area contributed by atoms with Crippen LogP contribution in [0.4, 0.5) is 10.2 Å². The van der Waals surface area contributed by atoms with Crippen LogP contribution in [0.5, 0.6) is 0 Å². The van der Waals surface area contributed by atoms with Gasteiger partial charge in [0.15, 0.2) is 0 Å². The molecule has 114 valence electrons. The van der Waals surface area contributed by atoms with Crippen molar-refractivity contribution < 1.29 is 9.18 Å². The van der Waals surface area contributed by atoms with Gasteiger partial charge in [-0.1, -0.05) is 0 Å². The molecule has 4 rings (SSSR count). The Hall–Kier alpha value is -2.02. The maximum absolute atomic E-state index is 14.4. The van der Waals surface area contributed by atoms with E-state index in [2.05, 4.69) is 20.2 Å². The van der Waals surface area contributed by atoms with Crippen LogP contribution in [-0.2, 0) is 6.42 Å². The van der Waals surface area contributed by atoms with E-state index in [9.17, 15) is 9.18 Å². The summed E-state index contributed by atoms with van der Waals surface area (Å²) < 4.78 is 14.4. The Morgan fingerprint density at radius 1 is 1.23 bits per heavy atom. The minimum Gasteiger partial charge on any atom is -0.357 e. The molecule has 0 aromatic carbocycles. The van der Waals surface area contributed by atoms with Crippen molar-refractivity contribution in [2.24, 2.45) is 0 Å². The molecule has 7 heteroatoms. The van der Waals surface area contributed by atoms with E-state index in [4.69, 9.17) is 0 Å². The van der Waals surface area contributed by atoms with E-state index in [1.54, 1.807) is 6.07 Å². The molecule has 2 aliphatic heterocycles. The molecule has 2 aromatic rings. The van der Waals surface area contributed by atoms with E-state index in [0.717, 1.165) is 31.6 Å². The molecule has 2 aromatic heterocycles. The smallest absolute Gasteiger partial charge is 0.263 e. The highest BCUT2D eigenvalue weighted by Gasteiger charge is 2.24. The van der Waals surface area contributed by atoms with E-state index in [1.807, 2.05) is 6.07 Å². The van der Waals surface area contributed by atoms with Gasteiger partial charge in [0.05, 0.1) is 11.3 Å². The third-order valence-corrected chi connectivity index (χ3v) is 5.18. The highest BCUT2D eigenvalue weighted by Crippen LogP contribution is 2.32. The molecule has 1 fully saturated rings. The van der Waals surface area contributed by atoms with Crippen LogP contribution in [0.1, 0.15) is 28.2 Å². The van der Waals surface area contributed by atoms with Crippen LogP contribution in [-0.4, -0.2) is 35.5 Å². The quantitative estimate of drug-likeness (QED) is 0.863. The first-order valence-electron chi connectivity index (χ1n) is 7.42. The van der Waals surface area contributed by atoms with Gasteiger partial charge in [0.2, 0.25) is 5.95 Å². The summed E-state index contributed by atoms with van der Waals surface area (Å²) in [7, 11) is 0. The third-order valence-electron chi connectivity index (χ3n) is 4.05. The molecule has 0 bridgehead atoms. The zero-order valence-corrected chi connectivity index (χ0v) is 12.7. The maximum Gasteiger partial charge on any atom is 0.263 e. The van der Waals surface area contributed by atoms with Crippen LogP contribution in [0, 0.1) is 5.95 Å². The summed E-state index contributed by atoms with van der Waals surface area (Å²) in [6, 6.07) is 3.56. The van der Waals surface area contributed by atoms with Crippen molar-refractivity contribution in [2.45, 2.75) is 19.3 Å². The minimum absolute atomic E-state index is 0.118. The number of rotatable bonds is 2. The lowest BCUT2D eigenvalue weighted by atomic mass is 10.2. The first kappa shape index (κ1) is 13.6. The van der Waals surface area contributed by atoms with Crippen LogP contribution in [0.3, 0.4) is 0 Å². The van der Waals surface area contributed by atoms with Crippen molar-refractivity contribution in [2.75, 3.05) is 24.5 Å². The fourth-order valence-electron chi connectivity index (χ4n) is 2.90. The lowest BCUT2D eigenvalue weighted by Gasteiger charge is -2.16. The van der Waals surface area contributed by atoms with Crippen LogP contribution in [0.25, 0.3) is 10.6 Å². The Bertz CT molecular complexity index is 739. The number of anilines is 1. The molecule has 0 unspecified atom stereocenters. The molecule has 2 aliphatic rings. The van der Waals surface area contributed by atoms with E-state index >= 15 is 0 Å². The van der Waals surface area contributed by atoms with Gasteiger partial charge < -0.3 is 10.2 Å². The zero-order valence-electron chi connectivity index (χ0n) is 11.9. The lowest BCUT2D eigenvalue weighted by Crippen LogP contribution is -2.30. The molecule has 0 aliphatic carbocycles. The predicted molar refractivity (Wildman–Crippen MR) is 82.8 cm³/mol. The zero-order chi connectivity index (χ0) is 15.1. The van der Waals surface area contributed by atoms with Gasteiger partial charge >= 0.3 is 0 Å². The molecule has 1 amide bonds. The fourth-order valence-corrected chi connectivity index (χ4v) is 3.94. The topological polar surface area (TPSA) is 58.1 Å². The average Bonchev–Trinajstić information content (AvgIpc) is 3.17. The lowest BCUT2D eigenvalue weighted by molar-refractivity contribution is 0.0950. The van der Waals surface area contributed by atoms with E-state index in [1.165, 1.54) is 11.3 Å². The Morgan fingerprint density at radius 3 is 2.77 bits per heavy atom. The largest absolute Gasteiger partial charge is 0.357 e. The van der Waals surface area contributed by atoms with E-state index < -0.39 is 5.95 Å². The number of nitrogens with one attached hydrogen (secondary N) is 1. The predicted octanol–water partition coefficient (Wildman–Crippen LogP) is 2.23. The first-order valence-corrected chi connectivity index (χ1v) is 8.24. The van der Waals surface area contributed by atoms with Gasteiger partial charge in [-0.15, -0.1) is 11.3 Å². The van der Waals surface area contributed by atoms with Gasteiger partial charge in [-0.05, 0) is 25.0 Å². The standard InChI is InChI=1S/C15H15FN4OS/c16-13-9(3-4-11(19-13)20-7-1-2-8-20)15-18-10-5-6-17-14(21)12(10)22-15/h3-4H,1-2,5-8H2,(H,17,21). The third kappa shape index (κ3) is 2.25. The van der Waals surface area contributed by atoms with Gasteiger partial charge in [0.1, 0.15) is 15.7 Å². The maximum atomic E-state index is 14.4. The van der Waals surface area contributed by atoms with Crippen molar-refractivity contribution >= 4 is 23.1 Å². The number of fused-ring (bicyclic) bond motifs is 1. The summed E-state index contributed by atoms with van der Waals surface area (Å²) in [5.41, 5.74) is 1.13. The Kier molecular flexibility index (Phi) is 3.29. The molecule has 1 saturated heterocycles. The minimum atomic E-state index is -0.518. The van der Waals surface area contributed by atoms with Gasteiger partial charge in [0, 0.05) is 26.1 Å². The first-order chi connectivity index (χ1) is 10.7. The number of hydrogen-bond acceptors (Lipinski definition) is 5. The number of nitrogens with zero attached hydrogens (tertiary/aromatic N) is 3. The number of carbonyl (C=O) groups excluding carboxylic acids is 1. The molecule has 4 heterocycles. The molecular weight excluding hydrogens is 303 g/mol. The Balaban J connectivity index is 1.69. The highest BCUT2D eigenvalue weighted by atomic mass is 32.1. The van der Waals surface area contributed by atoms with Gasteiger partial charge in [-0.3, -0.25) is 4.79 Å². The van der Waals surface area contributed by atoms with Gasteiger partial charge in [-0.25, -0.2) is 9.97 Å². The van der Waals surface area contributed by atoms with Crippen molar-refractivity contribution in [1.82, 2.24) is 15.3 Å². The second-order valence-corrected chi connectivity index (χ2v) is 6.50. The summed E-state index contributed by atoms with van der Waals surface area (Å²) in [5.74, 6) is 0.0424. The molecule has 0 radical (unpaired) electrons. The number of thiazole rings is 1. The number of pyridine rings is 1. The van der Waals surface area contributed by atoms with Crippen molar-refractivity contribution in [1.29, 1.82) is 0 Å². The summed E-state index contributed by atoms with van der Waals surface area (Å²) in [4.78, 5) is 23.0. The Labute approximate surface area is 131 Å². The van der Waals surface area contributed by atoms with Gasteiger partial charge in [0.25, 0.3) is 5.91 Å². The van der Waals surface area contributed by atoms with E-state index in [0.29, 0.717) is 34.2 Å². The number of amides is 1. The second kappa shape index (κ2) is 5.31. The van der Waals surface area contributed by atoms with Crippen molar-refractivity contribution in [3.05, 3.63) is 28.7 Å². The highest BCUT2D eigenvalue weighted by molar-refractivity contribution is 7.17. The summed E-state index contributed by atoms with van der Waals surface area (Å²) in [6.07, 6.45) is 2.94. The fraction of sp³-hybridized carbons (Fsp3) is 0.400. The normalized spacial score (nSPS) is 17.5. The van der Waals surface area contributed by atoms with Crippen LogP contribution >= 0.6 is 11.3 Å². The SMILES string of the molecule is O=C1NCCc2nc(-c3ccc(N4CCCC4)nc3F)sc21. The number of carbonyl (C=O) groups is 1. The van der Waals surface area contributed by atoms with Crippen LogP contribution in [0.15, 0.2) is 12.1 Å². The van der Waals surface area contributed by atoms with E-state index in [-0.39, 0.29) is 5.91 Å². The van der Waals surface area contributed by atoms with Crippen LogP contribution < -0.4 is 10.2 Å². The summed E-state index contributed by atoms with van der Waals surface area (Å²) >= 11 is 1.23. The molecule has 22 heavy (non-hydrogen) atoms. The summed E-state index contributed by atoms with van der Waals surface area (Å²) in [6.45, 7) is 2.44. The number of halogens is 1. The van der Waals surface area contributed by atoms with Gasteiger partial charge in [-0.2, -0.15) is 4.39 Å². The molecular formula is C15H15FN4OS. The second-order valence-electron chi connectivity index (χ2n) is 5.50. The molecule has 0 spiro atoms. The molecule has 0 saturated carbocycles. The van der Waals surface area contributed by atoms with Crippen molar-refractivity contribution in [3.63, 3.8) is 0 Å². The molecule has 0 atom stereocenters. The van der Waals surface area contributed by atoms with Crippen molar-refractivity contribution in [3.8, 4) is 10.6 Å². The monoisotopic (exact) mass is 318 g/mol. The number of aromatic nitrogens is 2. The summed E-state index contributed by atoms with van der Waals surface area (Å²) in [5, 5.41) is 3.31. The van der Waals surface area contributed by atoms with Crippen LogP contribution in [0.2, 0.25) is 0 Å².